The minimum absolute atomic E-state index is 0.0215. The number of fused-ring (bicyclic) bond motifs is 1. The highest BCUT2D eigenvalue weighted by atomic mass is 19.1. The number of ether oxygens (including phenoxy) is 1. The van der Waals surface area contributed by atoms with Crippen molar-refractivity contribution in [1.82, 2.24) is 4.57 Å². The summed E-state index contributed by atoms with van der Waals surface area (Å²) in [5, 5.41) is 9.60. The van der Waals surface area contributed by atoms with Gasteiger partial charge in [-0.25, -0.2) is 4.39 Å². The van der Waals surface area contributed by atoms with Crippen LogP contribution in [0.3, 0.4) is 0 Å². The molecule has 0 saturated heterocycles. The summed E-state index contributed by atoms with van der Waals surface area (Å²) >= 11 is 0. The van der Waals surface area contributed by atoms with Gasteiger partial charge in [0, 0.05) is 18.2 Å². The quantitative estimate of drug-likeness (QED) is 0.816. The molecular weight excluding hydrogens is 325 g/mol. The van der Waals surface area contributed by atoms with Crippen LogP contribution >= 0.6 is 0 Å². The minimum atomic E-state index is -0.324. The molecule has 1 atom stereocenters. The Kier molecular flexibility index (Phi) is 4.99. The first-order chi connectivity index (χ1) is 12.0. The monoisotopic (exact) mass is 345 g/mol. The number of hydrogen-bond acceptors (Lipinski definition) is 4. The fraction of sp³-hybridized carbons (Fsp3) is 0.368. The lowest BCUT2D eigenvalue weighted by atomic mass is 10.0. The van der Waals surface area contributed by atoms with E-state index in [9.17, 15) is 19.1 Å². The van der Waals surface area contributed by atoms with Gasteiger partial charge in [-0.2, -0.15) is 0 Å². The van der Waals surface area contributed by atoms with Gasteiger partial charge in [-0.05, 0) is 37.0 Å². The molecule has 3 rings (SSSR count). The van der Waals surface area contributed by atoms with Crippen molar-refractivity contribution < 1.29 is 19.0 Å². The fourth-order valence-corrected chi connectivity index (χ4v) is 3.37. The molecule has 1 unspecified atom stereocenters. The van der Waals surface area contributed by atoms with Crippen LogP contribution in [0, 0.1) is 5.82 Å². The van der Waals surface area contributed by atoms with Crippen molar-refractivity contribution in [1.29, 1.82) is 0 Å². The third-order valence-corrected chi connectivity index (χ3v) is 4.62. The van der Waals surface area contributed by atoms with Crippen LogP contribution in [0.15, 0.2) is 35.1 Å². The summed E-state index contributed by atoms with van der Waals surface area (Å²) in [6.45, 7) is -0.0999. The second-order valence-electron chi connectivity index (χ2n) is 6.18. The standard InChI is InChI=1S/C19H20FNO4/c1-25-19-17(24)10-14-7-8-15(11-22)21(14)18(19)16(23)9-4-12-2-5-13(20)6-3-12/h2-3,5-6,10,15,22H,4,7-9,11H2,1H3. The summed E-state index contributed by atoms with van der Waals surface area (Å²) in [6.07, 6.45) is 1.93. The third-order valence-electron chi connectivity index (χ3n) is 4.62. The molecule has 2 aromatic rings. The number of aromatic nitrogens is 1. The maximum atomic E-state index is 13.0. The van der Waals surface area contributed by atoms with E-state index >= 15 is 0 Å². The molecule has 132 valence electrons. The second kappa shape index (κ2) is 7.19. The van der Waals surface area contributed by atoms with Crippen LogP contribution < -0.4 is 10.2 Å². The van der Waals surface area contributed by atoms with Crippen LogP contribution in [0.2, 0.25) is 0 Å². The highest BCUT2D eigenvalue weighted by molar-refractivity contribution is 5.97. The number of carbonyl (C=O) groups is 1. The number of halogens is 1. The average Bonchev–Trinajstić information content (AvgIpc) is 3.02. The second-order valence-corrected chi connectivity index (χ2v) is 6.18. The van der Waals surface area contributed by atoms with Crippen LogP contribution in [0.5, 0.6) is 5.75 Å². The summed E-state index contributed by atoms with van der Waals surface area (Å²) in [4.78, 5) is 25.1. The van der Waals surface area contributed by atoms with E-state index < -0.39 is 0 Å². The lowest BCUT2D eigenvalue weighted by molar-refractivity contribution is 0.0964. The maximum absolute atomic E-state index is 13.0. The lowest BCUT2D eigenvalue weighted by Crippen LogP contribution is -2.24. The molecular formula is C19H20FNO4. The number of rotatable bonds is 6. The topological polar surface area (TPSA) is 68.5 Å². The first-order valence-corrected chi connectivity index (χ1v) is 8.26. The number of Topliss-reactive ketones (excluding diaryl/α,β-unsaturated/α-hetero) is 1. The summed E-state index contributed by atoms with van der Waals surface area (Å²) in [7, 11) is 1.36. The highest BCUT2D eigenvalue weighted by Crippen LogP contribution is 2.31. The van der Waals surface area contributed by atoms with E-state index in [2.05, 4.69) is 0 Å². The number of hydrogen-bond donors (Lipinski definition) is 1. The average molecular weight is 345 g/mol. The van der Waals surface area contributed by atoms with Gasteiger partial charge < -0.3 is 14.4 Å². The normalized spacial score (nSPS) is 15.9. The Hall–Kier alpha value is -2.47. The molecule has 0 aliphatic carbocycles. The molecule has 1 aliphatic heterocycles. The van der Waals surface area contributed by atoms with E-state index in [-0.39, 0.29) is 47.5 Å². The van der Waals surface area contributed by atoms with E-state index in [0.717, 1.165) is 11.3 Å². The van der Waals surface area contributed by atoms with Gasteiger partial charge in [0.1, 0.15) is 11.5 Å². The maximum Gasteiger partial charge on any atom is 0.224 e. The number of aliphatic hydroxyl groups excluding tert-OH is 1. The number of aryl methyl sites for hydroxylation is 2. The number of aliphatic hydroxyl groups is 1. The van der Waals surface area contributed by atoms with Crippen molar-refractivity contribution in [3.63, 3.8) is 0 Å². The first-order valence-electron chi connectivity index (χ1n) is 8.26. The van der Waals surface area contributed by atoms with Crippen LogP contribution in [0.25, 0.3) is 0 Å². The summed E-state index contributed by atoms with van der Waals surface area (Å²) in [6, 6.07) is 7.23. The van der Waals surface area contributed by atoms with Gasteiger partial charge in [0.25, 0.3) is 0 Å². The van der Waals surface area contributed by atoms with Crippen molar-refractivity contribution in [3.05, 3.63) is 63.3 Å². The van der Waals surface area contributed by atoms with E-state index in [1.165, 1.54) is 25.3 Å². The zero-order valence-electron chi connectivity index (χ0n) is 14.0. The van der Waals surface area contributed by atoms with Crippen LogP contribution in [-0.2, 0) is 12.8 Å². The van der Waals surface area contributed by atoms with Gasteiger partial charge in [0.15, 0.2) is 11.5 Å². The van der Waals surface area contributed by atoms with Gasteiger partial charge in [-0.3, -0.25) is 9.59 Å². The minimum Gasteiger partial charge on any atom is -0.491 e. The van der Waals surface area contributed by atoms with Crippen molar-refractivity contribution in [2.45, 2.75) is 31.7 Å². The molecule has 0 bridgehead atoms. The number of nitrogens with zero attached hydrogens (tertiary/aromatic N) is 1. The number of methoxy groups -OCH3 is 1. The molecule has 0 radical (unpaired) electrons. The largest absolute Gasteiger partial charge is 0.491 e. The van der Waals surface area contributed by atoms with Crippen LogP contribution in [0.4, 0.5) is 4.39 Å². The first kappa shape index (κ1) is 17.4. The summed E-state index contributed by atoms with van der Waals surface area (Å²) in [5.41, 5.74) is 1.49. The van der Waals surface area contributed by atoms with Crippen LogP contribution in [0.1, 0.15) is 40.6 Å². The third kappa shape index (κ3) is 3.35. The van der Waals surface area contributed by atoms with Crippen molar-refractivity contribution >= 4 is 5.78 Å². The number of carbonyl (C=O) groups excluding carboxylic acids is 1. The number of pyridine rings is 1. The predicted molar refractivity (Wildman–Crippen MR) is 90.7 cm³/mol. The van der Waals surface area contributed by atoms with E-state index in [1.54, 1.807) is 16.7 Å². The van der Waals surface area contributed by atoms with Gasteiger partial charge in [-0.1, -0.05) is 12.1 Å². The summed E-state index contributed by atoms with van der Waals surface area (Å²) < 4.78 is 19.9. The SMILES string of the molecule is COc1c(C(=O)CCc2ccc(F)cc2)n2c(cc1=O)CCC2CO. The van der Waals surface area contributed by atoms with Crippen LogP contribution in [-0.4, -0.2) is 29.2 Å². The number of ketones is 1. The molecule has 1 N–H and O–H groups in total. The Morgan fingerprint density at radius 3 is 2.72 bits per heavy atom. The zero-order chi connectivity index (χ0) is 18.0. The van der Waals surface area contributed by atoms with Gasteiger partial charge in [0.05, 0.1) is 19.8 Å². The van der Waals surface area contributed by atoms with Crippen molar-refractivity contribution in [3.8, 4) is 5.75 Å². The van der Waals surface area contributed by atoms with Gasteiger partial charge >= 0.3 is 0 Å². The lowest BCUT2D eigenvalue weighted by Gasteiger charge is -2.19. The molecule has 5 nitrogen and oxygen atoms in total. The highest BCUT2D eigenvalue weighted by Gasteiger charge is 2.30. The molecule has 6 heteroatoms. The Balaban J connectivity index is 1.93. The van der Waals surface area contributed by atoms with E-state index in [4.69, 9.17) is 4.74 Å². The Morgan fingerprint density at radius 2 is 2.08 bits per heavy atom. The molecule has 0 amide bonds. The van der Waals surface area contributed by atoms with Crippen molar-refractivity contribution in [2.24, 2.45) is 0 Å². The summed E-state index contributed by atoms with van der Waals surface area (Å²) in [5.74, 6) is -0.524. The molecule has 0 spiro atoms. The van der Waals surface area contributed by atoms with Gasteiger partial charge in [0.2, 0.25) is 5.43 Å². The molecule has 1 aromatic carbocycles. The molecule has 1 aliphatic rings. The predicted octanol–water partition coefficient (Wildman–Crippen LogP) is 2.29. The Bertz CT molecular complexity index is 842. The molecule has 25 heavy (non-hydrogen) atoms. The zero-order valence-corrected chi connectivity index (χ0v) is 14.0. The van der Waals surface area contributed by atoms with Gasteiger partial charge in [-0.15, -0.1) is 0 Å². The number of benzene rings is 1. The Morgan fingerprint density at radius 1 is 1.36 bits per heavy atom. The fourth-order valence-electron chi connectivity index (χ4n) is 3.37. The van der Waals surface area contributed by atoms with Crippen molar-refractivity contribution in [2.75, 3.05) is 13.7 Å². The van der Waals surface area contributed by atoms with E-state index in [0.29, 0.717) is 19.3 Å². The Labute approximate surface area is 144 Å². The molecule has 0 fully saturated rings. The smallest absolute Gasteiger partial charge is 0.224 e. The molecule has 2 heterocycles. The van der Waals surface area contributed by atoms with E-state index in [1.807, 2.05) is 0 Å². The molecule has 1 aromatic heterocycles. The molecule has 0 saturated carbocycles.